The molecule has 0 aromatic heterocycles. The first kappa shape index (κ1) is 12.7. The molecule has 2 nitrogen and oxygen atoms in total. The van der Waals surface area contributed by atoms with E-state index in [1.165, 1.54) is 5.56 Å². The Balaban J connectivity index is 2.17. The summed E-state index contributed by atoms with van der Waals surface area (Å²) in [7, 11) is 0. The summed E-state index contributed by atoms with van der Waals surface area (Å²) in [6, 6.07) is 14.3. The molecular weight excluding hydrogens is 222 g/mol. The Morgan fingerprint density at radius 3 is 2.22 bits per heavy atom. The van der Waals surface area contributed by atoms with Crippen LogP contribution in [0.4, 0.5) is 0 Å². The molecule has 2 aromatic rings. The molecule has 94 valence electrons. The normalized spacial score (nSPS) is 10.4. The van der Waals surface area contributed by atoms with Gasteiger partial charge in [-0.25, -0.2) is 0 Å². The maximum atomic E-state index is 5.87. The van der Waals surface area contributed by atoms with Gasteiger partial charge in [-0.1, -0.05) is 31.2 Å². The average Bonchev–Trinajstić information content (AvgIpc) is 2.42. The highest BCUT2D eigenvalue weighted by Gasteiger charge is 2.02. The van der Waals surface area contributed by atoms with Crippen LogP contribution in [0.1, 0.15) is 23.6 Å². The van der Waals surface area contributed by atoms with E-state index >= 15 is 0 Å². The molecule has 0 aliphatic carbocycles. The number of ether oxygens (including phenoxy) is 1. The van der Waals surface area contributed by atoms with Crippen molar-refractivity contribution in [3.8, 4) is 11.5 Å². The molecule has 0 radical (unpaired) electrons. The zero-order valence-corrected chi connectivity index (χ0v) is 10.9. The van der Waals surface area contributed by atoms with E-state index in [0.717, 1.165) is 29.0 Å². The second kappa shape index (κ2) is 5.69. The van der Waals surface area contributed by atoms with Gasteiger partial charge in [-0.15, -0.1) is 0 Å². The predicted molar refractivity (Wildman–Crippen MR) is 75.0 cm³/mol. The molecular formula is C16H19NO. The van der Waals surface area contributed by atoms with Gasteiger partial charge in [-0.3, -0.25) is 0 Å². The van der Waals surface area contributed by atoms with Crippen molar-refractivity contribution in [1.29, 1.82) is 0 Å². The Hall–Kier alpha value is -1.80. The molecule has 0 fully saturated rings. The van der Waals surface area contributed by atoms with Crippen LogP contribution in [0.15, 0.2) is 42.5 Å². The standard InChI is InChI=1S/C16H19NO/c1-3-13-4-7-15(8-5-13)18-16-9-6-14(11-17)10-12(16)2/h4-10H,3,11,17H2,1-2H3. The summed E-state index contributed by atoms with van der Waals surface area (Å²) in [5.41, 5.74) is 9.16. The molecule has 0 saturated heterocycles. The van der Waals surface area contributed by atoms with Crippen molar-refractivity contribution in [2.45, 2.75) is 26.8 Å². The molecule has 2 aromatic carbocycles. The van der Waals surface area contributed by atoms with Crippen molar-refractivity contribution in [3.05, 3.63) is 59.2 Å². The van der Waals surface area contributed by atoms with Gasteiger partial charge in [0.05, 0.1) is 0 Å². The Morgan fingerprint density at radius 1 is 1.00 bits per heavy atom. The lowest BCUT2D eigenvalue weighted by molar-refractivity contribution is 0.478. The minimum atomic E-state index is 0.562. The predicted octanol–water partition coefficient (Wildman–Crippen LogP) is 3.81. The van der Waals surface area contributed by atoms with E-state index in [-0.39, 0.29) is 0 Å². The number of benzene rings is 2. The highest BCUT2D eigenvalue weighted by Crippen LogP contribution is 2.26. The minimum absolute atomic E-state index is 0.562. The van der Waals surface area contributed by atoms with Gasteiger partial charge in [0.2, 0.25) is 0 Å². The summed E-state index contributed by atoms with van der Waals surface area (Å²) in [5.74, 6) is 1.76. The number of nitrogens with two attached hydrogens (primary N) is 1. The van der Waals surface area contributed by atoms with Gasteiger partial charge in [0.25, 0.3) is 0 Å². The van der Waals surface area contributed by atoms with E-state index in [0.29, 0.717) is 6.54 Å². The van der Waals surface area contributed by atoms with Crippen LogP contribution in [0.2, 0.25) is 0 Å². The third-order valence-electron chi connectivity index (χ3n) is 3.03. The topological polar surface area (TPSA) is 35.2 Å². The number of hydrogen-bond acceptors (Lipinski definition) is 2. The van der Waals surface area contributed by atoms with E-state index < -0.39 is 0 Å². The van der Waals surface area contributed by atoms with E-state index in [4.69, 9.17) is 10.5 Å². The van der Waals surface area contributed by atoms with Crippen LogP contribution in [0.25, 0.3) is 0 Å². The van der Waals surface area contributed by atoms with Crippen LogP contribution in [-0.2, 0) is 13.0 Å². The first-order chi connectivity index (χ1) is 8.72. The first-order valence-corrected chi connectivity index (χ1v) is 6.29. The van der Waals surface area contributed by atoms with Gasteiger partial charge in [0.1, 0.15) is 11.5 Å². The van der Waals surface area contributed by atoms with E-state index in [1.54, 1.807) is 0 Å². The van der Waals surface area contributed by atoms with Crippen molar-refractivity contribution >= 4 is 0 Å². The summed E-state index contributed by atoms with van der Waals surface area (Å²) in [6.07, 6.45) is 1.05. The Labute approximate surface area is 108 Å². The van der Waals surface area contributed by atoms with E-state index in [1.807, 2.05) is 31.2 Å². The highest BCUT2D eigenvalue weighted by molar-refractivity contribution is 5.40. The molecule has 18 heavy (non-hydrogen) atoms. The quantitative estimate of drug-likeness (QED) is 0.883. The Morgan fingerprint density at radius 2 is 1.67 bits per heavy atom. The third kappa shape index (κ3) is 2.90. The van der Waals surface area contributed by atoms with Gasteiger partial charge in [0.15, 0.2) is 0 Å². The largest absolute Gasteiger partial charge is 0.457 e. The summed E-state index contributed by atoms with van der Waals surface area (Å²) < 4.78 is 5.87. The molecule has 0 bridgehead atoms. The summed E-state index contributed by atoms with van der Waals surface area (Å²) in [6.45, 7) is 4.74. The molecule has 0 heterocycles. The first-order valence-electron chi connectivity index (χ1n) is 6.29. The number of hydrogen-bond donors (Lipinski definition) is 1. The van der Waals surface area contributed by atoms with Crippen LogP contribution in [0, 0.1) is 6.92 Å². The smallest absolute Gasteiger partial charge is 0.130 e. The summed E-state index contributed by atoms with van der Waals surface area (Å²) in [5, 5.41) is 0. The zero-order chi connectivity index (χ0) is 13.0. The number of aryl methyl sites for hydroxylation is 2. The van der Waals surface area contributed by atoms with Gasteiger partial charge in [-0.05, 0) is 48.2 Å². The fourth-order valence-corrected chi connectivity index (χ4v) is 1.87. The van der Waals surface area contributed by atoms with Gasteiger partial charge in [0, 0.05) is 6.54 Å². The second-order valence-electron chi connectivity index (χ2n) is 4.40. The van der Waals surface area contributed by atoms with Crippen molar-refractivity contribution < 1.29 is 4.74 Å². The fraction of sp³-hybridized carbons (Fsp3) is 0.250. The lowest BCUT2D eigenvalue weighted by atomic mass is 10.1. The molecule has 2 N–H and O–H groups in total. The van der Waals surface area contributed by atoms with Gasteiger partial charge >= 0.3 is 0 Å². The van der Waals surface area contributed by atoms with Crippen molar-refractivity contribution in [1.82, 2.24) is 0 Å². The van der Waals surface area contributed by atoms with Gasteiger partial charge in [-0.2, -0.15) is 0 Å². The Kier molecular flexibility index (Phi) is 4.00. The Bertz CT molecular complexity index is 517. The monoisotopic (exact) mass is 241 g/mol. The maximum Gasteiger partial charge on any atom is 0.130 e. The molecule has 0 saturated carbocycles. The van der Waals surface area contributed by atoms with Crippen LogP contribution in [0.3, 0.4) is 0 Å². The highest BCUT2D eigenvalue weighted by atomic mass is 16.5. The van der Waals surface area contributed by atoms with Crippen LogP contribution < -0.4 is 10.5 Å². The average molecular weight is 241 g/mol. The molecule has 0 amide bonds. The number of rotatable bonds is 4. The van der Waals surface area contributed by atoms with E-state index in [2.05, 4.69) is 25.1 Å². The lowest BCUT2D eigenvalue weighted by Crippen LogP contribution is -1.97. The van der Waals surface area contributed by atoms with E-state index in [9.17, 15) is 0 Å². The summed E-state index contributed by atoms with van der Waals surface area (Å²) in [4.78, 5) is 0. The molecule has 0 aliphatic heterocycles. The second-order valence-corrected chi connectivity index (χ2v) is 4.40. The molecule has 2 heteroatoms. The third-order valence-corrected chi connectivity index (χ3v) is 3.03. The SMILES string of the molecule is CCc1ccc(Oc2ccc(CN)cc2C)cc1. The van der Waals surface area contributed by atoms with Crippen LogP contribution in [0.5, 0.6) is 11.5 Å². The molecule has 0 spiro atoms. The summed E-state index contributed by atoms with van der Waals surface area (Å²) >= 11 is 0. The lowest BCUT2D eigenvalue weighted by Gasteiger charge is -2.10. The minimum Gasteiger partial charge on any atom is -0.457 e. The maximum absolute atomic E-state index is 5.87. The van der Waals surface area contributed by atoms with Crippen molar-refractivity contribution in [2.75, 3.05) is 0 Å². The molecule has 0 atom stereocenters. The molecule has 2 rings (SSSR count). The van der Waals surface area contributed by atoms with Crippen LogP contribution in [-0.4, -0.2) is 0 Å². The van der Waals surface area contributed by atoms with Gasteiger partial charge < -0.3 is 10.5 Å². The zero-order valence-electron chi connectivity index (χ0n) is 10.9. The molecule has 0 aliphatic rings. The van der Waals surface area contributed by atoms with Crippen LogP contribution >= 0.6 is 0 Å². The molecule has 0 unspecified atom stereocenters. The van der Waals surface area contributed by atoms with Crippen molar-refractivity contribution in [2.24, 2.45) is 5.73 Å². The fourth-order valence-electron chi connectivity index (χ4n) is 1.87. The van der Waals surface area contributed by atoms with Crippen molar-refractivity contribution in [3.63, 3.8) is 0 Å².